The maximum atomic E-state index is 13.5. The fourth-order valence-electron chi connectivity index (χ4n) is 5.48. The second-order valence-corrected chi connectivity index (χ2v) is 12.1. The van der Waals surface area contributed by atoms with E-state index in [1.807, 2.05) is 0 Å². The van der Waals surface area contributed by atoms with Gasteiger partial charge in [0.15, 0.2) is 34.5 Å². The summed E-state index contributed by atoms with van der Waals surface area (Å²) in [7, 11) is 0. The van der Waals surface area contributed by atoms with Crippen molar-refractivity contribution < 1.29 is 55.0 Å². The third-order valence-corrected chi connectivity index (χ3v) is 8.37. The molecule has 0 fully saturated rings. The third-order valence-electron chi connectivity index (χ3n) is 8.37. The standard InChI is InChI=1S/C37H41N5O12/c43-27-13-3-9-23(31(27)47)34(50)38-17-7-21-40(36(52)25-11-5-15-29(45)33(25)49)19-1-2-20-41(37(53)26-12-6-16-30(46)42(26)54)22-8-18-39-35(51)24-10-4-14-28(44)32(24)48/h3-6,9-16,43-45,47-49,54H,1-2,7-8,17-22H2,(H,38,50)(H,39,51). The van der Waals surface area contributed by atoms with Crippen molar-refractivity contribution in [3.63, 3.8) is 0 Å². The molecule has 17 heteroatoms. The molecule has 4 rings (SSSR count). The highest BCUT2D eigenvalue weighted by molar-refractivity contribution is 5.99. The number of aromatic hydroxyl groups is 6. The van der Waals surface area contributed by atoms with Gasteiger partial charge in [-0.2, -0.15) is 0 Å². The quantitative estimate of drug-likeness (QED) is 0.0428. The van der Waals surface area contributed by atoms with Crippen molar-refractivity contribution >= 4 is 23.6 Å². The van der Waals surface area contributed by atoms with Gasteiger partial charge in [-0.05, 0) is 68.1 Å². The Morgan fingerprint density at radius 2 is 0.907 bits per heavy atom. The van der Waals surface area contributed by atoms with Gasteiger partial charge in [0, 0.05) is 45.3 Å². The fourth-order valence-corrected chi connectivity index (χ4v) is 5.48. The van der Waals surface area contributed by atoms with E-state index in [1.165, 1.54) is 76.5 Å². The maximum Gasteiger partial charge on any atom is 0.283 e. The van der Waals surface area contributed by atoms with E-state index in [0.29, 0.717) is 12.8 Å². The van der Waals surface area contributed by atoms with Gasteiger partial charge in [-0.3, -0.25) is 24.0 Å². The van der Waals surface area contributed by atoms with Crippen LogP contribution < -0.4 is 16.2 Å². The molecule has 0 spiro atoms. The maximum absolute atomic E-state index is 13.5. The minimum absolute atomic E-state index is 0.0513. The van der Waals surface area contributed by atoms with Crippen LogP contribution in [-0.4, -0.2) is 113 Å². The van der Waals surface area contributed by atoms with Crippen LogP contribution in [0, 0.1) is 0 Å². The number of aromatic nitrogens is 1. The van der Waals surface area contributed by atoms with Gasteiger partial charge in [0.05, 0.1) is 16.7 Å². The van der Waals surface area contributed by atoms with Crippen LogP contribution in [0.1, 0.15) is 67.2 Å². The minimum Gasteiger partial charge on any atom is -0.504 e. The van der Waals surface area contributed by atoms with Crippen LogP contribution in [0.25, 0.3) is 0 Å². The Kier molecular flexibility index (Phi) is 13.7. The summed E-state index contributed by atoms with van der Waals surface area (Å²) < 4.78 is 0.227. The molecule has 54 heavy (non-hydrogen) atoms. The number of amides is 4. The molecule has 0 aliphatic rings. The molecule has 17 nitrogen and oxygen atoms in total. The number of benzene rings is 3. The molecular formula is C37H41N5O12. The summed E-state index contributed by atoms with van der Waals surface area (Å²) in [5.41, 5.74) is -1.57. The Hall–Kier alpha value is -6.91. The van der Waals surface area contributed by atoms with Crippen molar-refractivity contribution in [2.75, 3.05) is 39.3 Å². The predicted octanol–water partition coefficient (Wildman–Crippen LogP) is 2.32. The van der Waals surface area contributed by atoms with Crippen LogP contribution in [0.5, 0.6) is 34.5 Å². The zero-order valence-electron chi connectivity index (χ0n) is 29.0. The van der Waals surface area contributed by atoms with E-state index in [9.17, 15) is 59.8 Å². The first kappa shape index (κ1) is 39.9. The number of para-hydroxylation sites is 3. The van der Waals surface area contributed by atoms with Crippen molar-refractivity contribution in [2.45, 2.75) is 25.7 Å². The van der Waals surface area contributed by atoms with Gasteiger partial charge in [0.1, 0.15) is 5.69 Å². The largest absolute Gasteiger partial charge is 0.504 e. The lowest BCUT2D eigenvalue weighted by molar-refractivity contribution is 0.0675. The number of carbonyl (C=O) groups is 4. The molecule has 1 aromatic heterocycles. The van der Waals surface area contributed by atoms with Crippen molar-refractivity contribution in [1.29, 1.82) is 0 Å². The lowest BCUT2D eigenvalue weighted by atomic mass is 10.1. The SMILES string of the molecule is O=C(NCCCN(CCCCN(CCCNC(=O)c1cccc(O)c1O)C(=O)c1cccc(=O)n1O)C(=O)c1cccc(O)c1O)c1cccc(O)c1O. The molecule has 0 radical (unpaired) electrons. The number of hydrogen-bond acceptors (Lipinski definition) is 12. The van der Waals surface area contributed by atoms with Gasteiger partial charge in [0.2, 0.25) is 0 Å². The van der Waals surface area contributed by atoms with Gasteiger partial charge in [-0.1, -0.05) is 24.3 Å². The molecule has 0 atom stereocenters. The first-order valence-electron chi connectivity index (χ1n) is 16.9. The first-order chi connectivity index (χ1) is 25.8. The number of nitrogens with zero attached hydrogens (tertiary/aromatic N) is 3. The summed E-state index contributed by atoms with van der Waals surface area (Å²) in [6.07, 6.45) is 1.07. The molecular weight excluding hydrogens is 706 g/mol. The van der Waals surface area contributed by atoms with Crippen LogP contribution in [-0.2, 0) is 0 Å². The second-order valence-electron chi connectivity index (χ2n) is 12.1. The molecule has 4 aromatic rings. The third kappa shape index (κ3) is 9.90. The molecule has 0 unspecified atom stereocenters. The Balaban J connectivity index is 1.40. The van der Waals surface area contributed by atoms with Gasteiger partial charge >= 0.3 is 0 Å². The Morgan fingerprint density at radius 1 is 0.519 bits per heavy atom. The number of pyridine rings is 1. The second kappa shape index (κ2) is 18.5. The number of phenolic OH excluding ortho intramolecular Hbond substituents is 6. The number of rotatable bonds is 17. The number of nitrogens with one attached hydrogen (secondary N) is 2. The molecule has 286 valence electrons. The molecule has 1 heterocycles. The number of carbonyl (C=O) groups excluding carboxylic acids is 4. The molecule has 9 N–H and O–H groups in total. The van der Waals surface area contributed by atoms with Crippen LogP contribution >= 0.6 is 0 Å². The summed E-state index contributed by atoms with van der Waals surface area (Å²) in [6, 6.07) is 15.5. The number of phenols is 6. The summed E-state index contributed by atoms with van der Waals surface area (Å²) >= 11 is 0. The summed E-state index contributed by atoms with van der Waals surface area (Å²) in [4.78, 5) is 66.9. The Labute approximate surface area is 308 Å². The molecule has 4 amide bonds. The minimum atomic E-state index is -0.821. The van der Waals surface area contributed by atoms with E-state index in [0.717, 1.165) is 6.07 Å². The zero-order valence-corrected chi connectivity index (χ0v) is 29.0. The highest BCUT2D eigenvalue weighted by Gasteiger charge is 2.23. The van der Waals surface area contributed by atoms with Crippen LogP contribution in [0.15, 0.2) is 77.6 Å². The average molecular weight is 748 g/mol. The lowest BCUT2D eigenvalue weighted by Crippen LogP contribution is -2.38. The molecule has 0 aliphatic carbocycles. The van der Waals surface area contributed by atoms with Crippen LogP contribution in [0.3, 0.4) is 0 Å². The average Bonchev–Trinajstić information content (AvgIpc) is 3.15. The van der Waals surface area contributed by atoms with E-state index in [1.54, 1.807) is 0 Å². The molecule has 3 aromatic carbocycles. The van der Waals surface area contributed by atoms with E-state index in [2.05, 4.69) is 10.6 Å². The highest BCUT2D eigenvalue weighted by atomic mass is 16.5. The van der Waals surface area contributed by atoms with E-state index in [-0.39, 0.29) is 79.2 Å². The van der Waals surface area contributed by atoms with Crippen molar-refractivity contribution in [3.8, 4) is 34.5 Å². The fraction of sp³-hybridized carbons (Fsp3) is 0.270. The lowest BCUT2D eigenvalue weighted by Gasteiger charge is -2.26. The van der Waals surface area contributed by atoms with Crippen molar-refractivity contribution in [3.05, 3.63) is 106 Å². The number of hydrogen-bond donors (Lipinski definition) is 9. The van der Waals surface area contributed by atoms with E-state index >= 15 is 0 Å². The molecule has 0 saturated heterocycles. The summed E-state index contributed by atoms with van der Waals surface area (Å²) in [6.45, 7) is 0.451. The van der Waals surface area contributed by atoms with Crippen molar-refractivity contribution in [2.24, 2.45) is 0 Å². The topological polar surface area (TPSA) is 262 Å². The molecule has 0 aliphatic heterocycles. The zero-order chi connectivity index (χ0) is 39.4. The predicted molar refractivity (Wildman–Crippen MR) is 192 cm³/mol. The van der Waals surface area contributed by atoms with E-state index in [4.69, 9.17) is 0 Å². The summed E-state index contributed by atoms with van der Waals surface area (Å²) in [5.74, 6) is -5.80. The highest BCUT2D eigenvalue weighted by Crippen LogP contribution is 2.30. The monoisotopic (exact) mass is 747 g/mol. The van der Waals surface area contributed by atoms with Crippen LogP contribution in [0.2, 0.25) is 0 Å². The van der Waals surface area contributed by atoms with Gasteiger partial charge in [-0.15, -0.1) is 4.73 Å². The molecule has 0 bridgehead atoms. The van der Waals surface area contributed by atoms with Gasteiger partial charge in [0.25, 0.3) is 29.2 Å². The normalized spacial score (nSPS) is 10.7. The van der Waals surface area contributed by atoms with Crippen molar-refractivity contribution in [1.82, 2.24) is 25.2 Å². The van der Waals surface area contributed by atoms with Crippen LogP contribution in [0.4, 0.5) is 0 Å². The molecule has 0 saturated carbocycles. The van der Waals surface area contributed by atoms with Gasteiger partial charge < -0.3 is 56.3 Å². The summed E-state index contributed by atoms with van der Waals surface area (Å²) in [5, 5.41) is 75.2. The smallest absolute Gasteiger partial charge is 0.283 e. The van der Waals surface area contributed by atoms with E-state index < -0.39 is 63.7 Å². The Morgan fingerprint density at radius 3 is 1.39 bits per heavy atom. The first-order valence-corrected chi connectivity index (χ1v) is 16.9. The van der Waals surface area contributed by atoms with Gasteiger partial charge in [-0.25, -0.2) is 0 Å². The number of unbranched alkanes of at least 4 members (excludes halogenated alkanes) is 1. The Bertz CT molecular complexity index is 2050.